The summed E-state index contributed by atoms with van der Waals surface area (Å²) in [6.45, 7) is 0. The Kier molecular flexibility index (Phi) is 5.47. The van der Waals surface area contributed by atoms with Gasteiger partial charge < -0.3 is 0 Å². The van der Waals surface area contributed by atoms with E-state index in [4.69, 9.17) is 10.1 Å². The van der Waals surface area contributed by atoms with Crippen LogP contribution in [0.3, 0.4) is 0 Å². The molecule has 0 amide bonds. The minimum absolute atomic E-state index is 0.804. The van der Waals surface area contributed by atoms with Gasteiger partial charge in [-0.15, -0.1) is 10.2 Å². The maximum Gasteiger partial charge on any atom is 0.105 e. The fourth-order valence-corrected chi connectivity index (χ4v) is 6.69. The molecule has 4 nitrogen and oxygen atoms in total. The number of fused-ring (bicyclic) bond motifs is 7. The minimum atomic E-state index is 0.804. The van der Waals surface area contributed by atoms with Crippen LogP contribution < -0.4 is 10.6 Å². The van der Waals surface area contributed by atoms with Crippen molar-refractivity contribution in [3.8, 4) is 67.0 Å². The van der Waals surface area contributed by atoms with Gasteiger partial charge in [0.05, 0.1) is 11.0 Å². The van der Waals surface area contributed by atoms with Crippen molar-refractivity contribution in [3.05, 3.63) is 156 Å². The van der Waals surface area contributed by atoms with Crippen LogP contribution in [0.5, 0.6) is 0 Å². The molecule has 0 saturated carbocycles. The molecule has 1 aliphatic heterocycles. The second-order valence-electron chi connectivity index (χ2n) is 11.1. The summed E-state index contributed by atoms with van der Waals surface area (Å²) in [5.74, 6) is 0. The van der Waals surface area contributed by atoms with Crippen LogP contribution in [-0.4, -0.2) is 15.4 Å². The molecule has 0 bridgehead atoms. The lowest BCUT2D eigenvalue weighted by Gasteiger charge is -2.18. The van der Waals surface area contributed by atoms with Gasteiger partial charge in [-0.2, -0.15) is 0 Å². The Balaban J connectivity index is 1.33. The normalized spacial score (nSPS) is 12.0. The van der Waals surface area contributed by atoms with Crippen molar-refractivity contribution in [2.75, 3.05) is 0 Å². The molecule has 0 N–H and O–H groups in total. The molecule has 0 atom stereocenters. The third-order valence-corrected chi connectivity index (χ3v) is 8.68. The molecule has 0 spiro atoms. The lowest BCUT2D eigenvalue weighted by Crippen LogP contribution is -2.25. The highest BCUT2D eigenvalue weighted by atomic mass is 15.3. The van der Waals surface area contributed by atoms with E-state index >= 15 is 0 Å². The predicted molar refractivity (Wildman–Crippen MR) is 176 cm³/mol. The molecule has 1 aliphatic carbocycles. The summed E-state index contributed by atoms with van der Waals surface area (Å²) in [6, 6.07) is 48.5. The van der Waals surface area contributed by atoms with E-state index in [9.17, 15) is 0 Å². The predicted octanol–water partition coefficient (Wildman–Crippen LogP) is 8.28. The Morgan fingerprint density at radius 1 is 0.386 bits per heavy atom. The van der Waals surface area contributed by atoms with Crippen LogP contribution in [0, 0.1) is 0 Å². The van der Waals surface area contributed by atoms with Gasteiger partial charge in [-0.1, -0.05) is 133 Å². The van der Waals surface area contributed by atoms with E-state index in [1.165, 1.54) is 22.3 Å². The van der Waals surface area contributed by atoms with Crippen molar-refractivity contribution in [2.45, 2.75) is 0 Å². The maximum absolute atomic E-state index is 5.07. The molecule has 2 aliphatic rings. The SMILES string of the molecule is C1=c2c(ccc3c2=Nc2ccccc2-3)-c2cccc(-c3nnnc(-c4ccccc4)c3-c3ccccc3-c3ccccc3)c21. The first kappa shape index (κ1) is 24.6. The Morgan fingerprint density at radius 2 is 1.00 bits per heavy atom. The summed E-state index contributed by atoms with van der Waals surface area (Å²) in [6.07, 6.45) is 2.28. The second-order valence-corrected chi connectivity index (χ2v) is 11.1. The quantitative estimate of drug-likeness (QED) is 0.218. The van der Waals surface area contributed by atoms with Crippen molar-refractivity contribution in [1.82, 2.24) is 15.4 Å². The summed E-state index contributed by atoms with van der Waals surface area (Å²) < 4.78 is 0. The lowest BCUT2D eigenvalue weighted by molar-refractivity contribution is 0.878. The monoisotopic (exact) mass is 560 g/mol. The highest BCUT2D eigenvalue weighted by molar-refractivity contribution is 6.00. The molecule has 0 radical (unpaired) electrons. The number of aromatic nitrogens is 3. The summed E-state index contributed by atoms with van der Waals surface area (Å²) in [5.41, 5.74) is 14.8. The van der Waals surface area contributed by atoms with E-state index in [1.807, 2.05) is 30.3 Å². The largest absolute Gasteiger partial charge is 0.247 e. The minimum Gasteiger partial charge on any atom is -0.247 e. The van der Waals surface area contributed by atoms with Crippen LogP contribution in [0.15, 0.2) is 145 Å². The first-order valence-electron chi connectivity index (χ1n) is 14.8. The first-order valence-corrected chi connectivity index (χ1v) is 14.8. The third kappa shape index (κ3) is 3.71. The van der Waals surface area contributed by atoms with Crippen LogP contribution >= 0.6 is 0 Å². The van der Waals surface area contributed by atoms with Gasteiger partial charge in [0.15, 0.2) is 0 Å². The molecular formula is C40H24N4. The topological polar surface area (TPSA) is 51.0 Å². The Hall–Kier alpha value is -6.00. The fourth-order valence-electron chi connectivity index (χ4n) is 6.69. The molecule has 1 aromatic heterocycles. The molecule has 0 saturated heterocycles. The van der Waals surface area contributed by atoms with Crippen LogP contribution in [0.4, 0.5) is 5.69 Å². The highest BCUT2D eigenvalue weighted by Gasteiger charge is 2.26. The summed E-state index contributed by atoms with van der Waals surface area (Å²) in [4.78, 5) is 5.07. The number of hydrogen-bond acceptors (Lipinski definition) is 4. The van der Waals surface area contributed by atoms with Crippen molar-refractivity contribution in [1.29, 1.82) is 0 Å². The summed E-state index contributed by atoms with van der Waals surface area (Å²) in [5, 5.41) is 16.0. The fraction of sp³-hybridized carbons (Fsp3) is 0. The highest BCUT2D eigenvalue weighted by Crippen LogP contribution is 2.44. The van der Waals surface area contributed by atoms with Crippen molar-refractivity contribution in [3.63, 3.8) is 0 Å². The number of benzene rings is 6. The number of rotatable bonds is 4. The molecule has 2 heterocycles. The molecule has 0 unspecified atom stereocenters. The van der Waals surface area contributed by atoms with Crippen LogP contribution in [0.1, 0.15) is 5.56 Å². The molecule has 204 valence electrons. The average Bonchev–Trinajstić information content (AvgIpc) is 3.68. The van der Waals surface area contributed by atoms with Crippen LogP contribution in [-0.2, 0) is 0 Å². The third-order valence-electron chi connectivity index (χ3n) is 8.68. The zero-order valence-corrected chi connectivity index (χ0v) is 23.6. The molecular weight excluding hydrogens is 536 g/mol. The number of hydrogen-bond donors (Lipinski definition) is 0. The Morgan fingerprint density at radius 3 is 1.82 bits per heavy atom. The number of nitrogens with zero attached hydrogens (tertiary/aromatic N) is 4. The van der Waals surface area contributed by atoms with Crippen LogP contribution in [0.25, 0.3) is 73.1 Å². The molecule has 7 aromatic rings. The summed E-state index contributed by atoms with van der Waals surface area (Å²) >= 11 is 0. The van der Waals surface area contributed by atoms with E-state index in [1.54, 1.807) is 0 Å². The number of para-hydroxylation sites is 1. The zero-order chi connectivity index (χ0) is 29.0. The van der Waals surface area contributed by atoms with Gasteiger partial charge in [-0.3, -0.25) is 0 Å². The van der Waals surface area contributed by atoms with Gasteiger partial charge in [-0.05, 0) is 50.7 Å². The van der Waals surface area contributed by atoms with Crippen molar-refractivity contribution < 1.29 is 0 Å². The average molecular weight is 561 g/mol. The zero-order valence-electron chi connectivity index (χ0n) is 23.6. The lowest BCUT2D eigenvalue weighted by atomic mass is 9.88. The smallest absolute Gasteiger partial charge is 0.105 e. The van der Waals surface area contributed by atoms with Gasteiger partial charge in [0.1, 0.15) is 11.4 Å². The van der Waals surface area contributed by atoms with E-state index in [2.05, 4.69) is 126 Å². The van der Waals surface area contributed by atoms with Gasteiger partial charge in [0.2, 0.25) is 0 Å². The van der Waals surface area contributed by atoms with Crippen LogP contribution in [0.2, 0.25) is 0 Å². The van der Waals surface area contributed by atoms with E-state index in [0.717, 1.165) is 66.6 Å². The van der Waals surface area contributed by atoms with E-state index < -0.39 is 0 Å². The van der Waals surface area contributed by atoms with Gasteiger partial charge in [0, 0.05) is 33.0 Å². The molecule has 6 aromatic carbocycles. The van der Waals surface area contributed by atoms with E-state index in [-0.39, 0.29) is 0 Å². The second kappa shape index (κ2) is 9.79. The van der Waals surface area contributed by atoms with E-state index in [0.29, 0.717) is 0 Å². The molecule has 44 heavy (non-hydrogen) atoms. The van der Waals surface area contributed by atoms with Gasteiger partial charge >= 0.3 is 0 Å². The first-order chi connectivity index (χ1) is 21.8. The Bertz CT molecular complexity index is 2380. The van der Waals surface area contributed by atoms with Gasteiger partial charge in [0.25, 0.3) is 0 Å². The molecule has 0 fully saturated rings. The standard InChI is InChI=1S/C40H24N4/c1-3-12-25(13-4-1)27-16-7-8-18-31(27)37-38(26-14-5-2-6-15-26)42-44-43-40(37)32-20-11-19-28-29-22-23-33-30-17-9-10-21-36(30)41-39(33)35(29)24-34(28)32/h1-24H. The van der Waals surface area contributed by atoms with Crippen molar-refractivity contribution >= 4 is 11.8 Å². The van der Waals surface area contributed by atoms with Crippen molar-refractivity contribution in [2.24, 2.45) is 4.99 Å². The molecule has 9 rings (SSSR count). The maximum atomic E-state index is 5.07. The summed E-state index contributed by atoms with van der Waals surface area (Å²) in [7, 11) is 0. The van der Waals surface area contributed by atoms with Gasteiger partial charge in [-0.25, -0.2) is 4.99 Å². The Labute approximate surface area is 254 Å². The molecule has 4 heteroatoms.